The summed E-state index contributed by atoms with van der Waals surface area (Å²) in [6.07, 6.45) is 4.53. The maximum atomic E-state index is 13.4. The van der Waals surface area contributed by atoms with Gasteiger partial charge in [-0.15, -0.1) is 0 Å². The number of fused-ring (bicyclic) bond motifs is 1. The summed E-state index contributed by atoms with van der Waals surface area (Å²) in [6.45, 7) is 2.93. The first kappa shape index (κ1) is 24.4. The minimum atomic E-state index is -3.28. The van der Waals surface area contributed by atoms with Crippen LogP contribution in [0, 0.1) is 0 Å². The van der Waals surface area contributed by atoms with Crippen molar-refractivity contribution in [3.05, 3.63) is 64.7 Å². The number of anilines is 1. The first-order valence-corrected chi connectivity index (χ1v) is 14.8. The highest BCUT2D eigenvalue weighted by molar-refractivity contribution is 7.90. The fourth-order valence-electron chi connectivity index (χ4n) is 4.94. The molecule has 11 heteroatoms. The zero-order valence-electron chi connectivity index (χ0n) is 20.3. The third kappa shape index (κ3) is 4.72. The molecule has 6 rings (SSSR count). The van der Waals surface area contributed by atoms with Gasteiger partial charge in [0.2, 0.25) is 12.7 Å². The SMILES string of the molecule is CS(=O)(=O)c1ccc(C(c2cnc(NC(=O)C3(c4ccc5c(c4)OCO5)CC3)s2)N2CCOCC2)cc1. The smallest absolute Gasteiger partial charge is 0.236 e. The summed E-state index contributed by atoms with van der Waals surface area (Å²) >= 11 is 1.44. The van der Waals surface area contributed by atoms with Crippen LogP contribution < -0.4 is 14.8 Å². The van der Waals surface area contributed by atoms with E-state index in [4.69, 9.17) is 14.2 Å². The molecule has 37 heavy (non-hydrogen) atoms. The molecular formula is C26H27N3O6S2. The van der Waals surface area contributed by atoms with E-state index < -0.39 is 15.3 Å². The van der Waals surface area contributed by atoms with Gasteiger partial charge in [-0.05, 0) is 48.2 Å². The molecule has 1 saturated heterocycles. The molecular weight excluding hydrogens is 514 g/mol. The van der Waals surface area contributed by atoms with Gasteiger partial charge in [0.15, 0.2) is 26.5 Å². The molecule has 1 aliphatic carbocycles. The maximum Gasteiger partial charge on any atom is 0.236 e. The predicted molar refractivity (Wildman–Crippen MR) is 138 cm³/mol. The highest BCUT2D eigenvalue weighted by atomic mass is 32.2. The lowest BCUT2D eigenvalue weighted by molar-refractivity contribution is -0.118. The van der Waals surface area contributed by atoms with Crippen molar-refractivity contribution in [3.63, 3.8) is 0 Å². The molecule has 1 N–H and O–H groups in total. The van der Waals surface area contributed by atoms with Crippen LogP contribution in [0.1, 0.15) is 34.9 Å². The van der Waals surface area contributed by atoms with Gasteiger partial charge in [-0.3, -0.25) is 9.69 Å². The number of sulfone groups is 1. The summed E-state index contributed by atoms with van der Waals surface area (Å²) in [5.74, 6) is 1.29. The number of thiazole rings is 1. The molecule has 1 aromatic heterocycles. The maximum absolute atomic E-state index is 13.4. The van der Waals surface area contributed by atoms with Gasteiger partial charge in [-0.1, -0.05) is 29.5 Å². The molecule has 9 nitrogen and oxygen atoms in total. The largest absolute Gasteiger partial charge is 0.454 e. The second-order valence-electron chi connectivity index (χ2n) is 9.56. The first-order valence-electron chi connectivity index (χ1n) is 12.1. The van der Waals surface area contributed by atoms with E-state index in [1.807, 2.05) is 30.3 Å². The number of nitrogens with one attached hydrogen (secondary N) is 1. The van der Waals surface area contributed by atoms with Gasteiger partial charge in [-0.2, -0.15) is 0 Å². The first-order chi connectivity index (χ1) is 17.8. The molecule has 3 aromatic rings. The molecule has 0 spiro atoms. The van der Waals surface area contributed by atoms with E-state index in [0.29, 0.717) is 29.8 Å². The number of ether oxygens (including phenoxy) is 3. The van der Waals surface area contributed by atoms with E-state index in [2.05, 4.69) is 15.2 Å². The molecule has 3 heterocycles. The normalized spacial score (nSPS) is 19.4. The molecule has 3 aliphatic rings. The van der Waals surface area contributed by atoms with Gasteiger partial charge in [0.25, 0.3) is 0 Å². The molecule has 1 saturated carbocycles. The van der Waals surface area contributed by atoms with Crippen molar-refractivity contribution in [1.29, 1.82) is 0 Å². The Kier molecular flexibility index (Phi) is 6.18. The van der Waals surface area contributed by atoms with E-state index in [0.717, 1.165) is 41.9 Å². The topological polar surface area (TPSA) is 107 Å². The Labute approximate surface area is 219 Å². The summed E-state index contributed by atoms with van der Waals surface area (Å²) in [6, 6.07) is 12.6. The van der Waals surface area contributed by atoms with Gasteiger partial charge in [0.05, 0.1) is 29.6 Å². The van der Waals surface area contributed by atoms with Crippen molar-refractivity contribution >= 4 is 32.2 Å². The van der Waals surface area contributed by atoms with E-state index in [-0.39, 0.29) is 23.6 Å². The monoisotopic (exact) mass is 541 g/mol. The Morgan fingerprint density at radius 3 is 2.51 bits per heavy atom. The van der Waals surface area contributed by atoms with Crippen LogP contribution in [0.25, 0.3) is 0 Å². The zero-order valence-corrected chi connectivity index (χ0v) is 21.9. The lowest BCUT2D eigenvalue weighted by Crippen LogP contribution is -2.39. The van der Waals surface area contributed by atoms with Crippen molar-refractivity contribution in [1.82, 2.24) is 9.88 Å². The van der Waals surface area contributed by atoms with Gasteiger partial charge >= 0.3 is 0 Å². The number of carbonyl (C=O) groups excluding carboxylic acids is 1. The third-order valence-electron chi connectivity index (χ3n) is 7.16. The average Bonchev–Trinajstić information content (AvgIpc) is 3.36. The molecule has 194 valence electrons. The van der Waals surface area contributed by atoms with Crippen LogP contribution in [0.4, 0.5) is 5.13 Å². The van der Waals surface area contributed by atoms with Crippen LogP contribution in [0.3, 0.4) is 0 Å². The van der Waals surface area contributed by atoms with Crippen LogP contribution in [0.2, 0.25) is 0 Å². The van der Waals surface area contributed by atoms with Crippen molar-refractivity contribution in [2.75, 3.05) is 44.7 Å². The number of carbonyl (C=O) groups is 1. The summed E-state index contributed by atoms with van der Waals surface area (Å²) < 4.78 is 40.4. The lowest BCUT2D eigenvalue weighted by Gasteiger charge is -2.34. The Morgan fingerprint density at radius 2 is 1.81 bits per heavy atom. The molecule has 2 aliphatic heterocycles. The van der Waals surface area contributed by atoms with Crippen molar-refractivity contribution in [2.24, 2.45) is 0 Å². The highest BCUT2D eigenvalue weighted by Gasteiger charge is 2.52. The number of nitrogens with zero attached hydrogens (tertiary/aromatic N) is 2. The van der Waals surface area contributed by atoms with Gasteiger partial charge in [0, 0.05) is 30.4 Å². The minimum Gasteiger partial charge on any atom is -0.454 e. The molecule has 0 bridgehead atoms. The lowest BCUT2D eigenvalue weighted by atomic mass is 9.94. The molecule has 2 aromatic carbocycles. The zero-order chi connectivity index (χ0) is 25.6. The summed E-state index contributed by atoms with van der Waals surface area (Å²) in [7, 11) is -3.28. The van der Waals surface area contributed by atoms with Crippen molar-refractivity contribution in [2.45, 2.75) is 29.2 Å². The second-order valence-corrected chi connectivity index (χ2v) is 12.6. The Bertz CT molecular complexity index is 1430. The average molecular weight is 542 g/mol. The number of morpholine rings is 1. The standard InChI is InChI=1S/C26H27N3O6S2/c1-37(31,32)19-5-2-17(3-6-19)23(29-10-12-33-13-11-29)22-15-27-25(36-22)28-24(30)26(8-9-26)18-4-7-20-21(14-18)35-16-34-20/h2-7,14-15,23H,8-13,16H2,1H3,(H,27,28,30). The van der Waals surface area contributed by atoms with Gasteiger partial charge in [0.1, 0.15) is 0 Å². The van der Waals surface area contributed by atoms with E-state index in [1.54, 1.807) is 18.3 Å². The van der Waals surface area contributed by atoms with E-state index >= 15 is 0 Å². The molecule has 1 atom stereocenters. The van der Waals surface area contributed by atoms with Crippen LogP contribution >= 0.6 is 11.3 Å². The predicted octanol–water partition coefficient (Wildman–Crippen LogP) is 3.37. The second kappa shape index (κ2) is 9.39. The van der Waals surface area contributed by atoms with E-state index in [9.17, 15) is 13.2 Å². The minimum absolute atomic E-state index is 0.0762. The fraction of sp³-hybridized carbons (Fsp3) is 0.385. The van der Waals surface area contributed by atoms with Crippen LogP contribution in [0.15, 0.2) is 53.6 Å². The van der Waals surface area contributed by atoms with E-state index in [1.165, 1.54) is 17.6 Å². The Morgan fingerprint density at radius 1 is 1.08 bits per heavy atom. The summed E-state index contributed by atoms with van der Waals surface area (Å²) in [5, 5.41) is 3.58. The highest BCUT2D eigenvalue weighted by Crippen LogP contribution is 2.51. The number of rotatable bonds is 7. The number of hydrogen-bond donors (Lipinski definition) is 1. The van der Waals surface area contributed by atoms with Crippen molar-refractivity contribution in [3.8, 4) is 11.5 Å². The molecule has 2 fully saturated rings. The number of hydrogen-bond acceptors (Lipinski definition) is 9. The molecule has 0 radical (unpaired) electrons. The van der Waals surface area contributed by atoms with Gasteiger partial charge in [-0.25, -0.2) is 13.4 Å². The van der Waals surface area contributed by atoms with Crippen molar-refractivity contribution < 1.29 is 27.4 Å². The summed E-state index contributed by atoms with van der Waals surface area (Å²) in [4.78, 5) is 21.5. The van der Waals surface area contributed by atoms with Crippen LogP contribution in [0.5, 0.6) is 11.5 Å². The number of amides is 1. The number of aromatic nitrogens is 1. The number of benzene rings is 2. The quantitative estimate of drug-likeness (QED) is 0.485. The molecule has 1 unspecified atom stereocenters. The molecule has 1 amide bonds. The van der Waals surface area contributed by atoms with Crippen LogP contribution in [-0.4, -0.2) is 63.6 Å². The Balaban J connectivity index is 1.24. The van der Waals surface area contributed by atoms with Crippen LogP contribution in [-0.2, 0) is 24.8 Å². The van der Waals surface area contributed by atoms with Gasteiger partial charge < -0.3 is 19.5 Å². The Hall–Kier alpha value is -2.99. The third-order valence-corrected chi connectivity index (χ3v) is 9.25. The fourth-order valence-corrected chi connectivity index (χ4v) is 6.55. The summed E-state index contributed by atoms with van der Waals surface area (Å²) in [5.41, 5.74) is 1.30.